The zero-order valence-corrected chi connectivity index (χ0v) is 13.9. The number of esters is 2. The van der Waals surface area contributed by atoms with Crippen LogP contribution in [0.15, 0.2) is 11.3 Å². The second-order valence-electron chi connectivity index (χ2n) is 6.17. The summed E-state index contributed by atoms with van der Waals surface area (Å²) in [6.45, 7) is 6.49. The number of nitrogens with two attached hydrogens (primary N) is 1. The van der Waals surface area contributed by atoms with E-state index in [0.717, 1.165) is 0 Å². The molecule has 1 unspecified atom stereocenters. The second-order valence-corrected chi connectivity index (χ2v) is 7.27. The van der Waals surface area contributed by atoms with Crippen LogP contribution in [-0.4, -0.2) is 52.1 Å². The summed E-state index contributed by atoms with van der Waals surface area (Å²) < 4.78 is 10.3. The Labute approximate surface area is 133 Å². The molecular formula is C14H20N2O5S. The van der Waals surface area contributed by atoms with Crippen LogP contribution in [0.1, 0.15) is 27.7 Å². The summed E-state index contributed by atoms with van der Waals surface area (Å²) in [7, 11) is 0. The molecule has 2 rings (SSSR count). The van der Waals surface area contributed by atoms with Gasteiger partial charge in [0.25, 0.3) is 0 Å². The molecule has 2 aliphatic rings. The fourth-order valence-electron chi connectivity index (χ4n) is 2.19. The molecule has 8 heteroatoms. The Bertz CT molecular complexity index is 552. The van der Waals surface area contributed by atoms with E-state index in [9.17, 15) is 14.4 Å². The largest absolute Gasteiger partial charge is 0.461 e. The number of nitrogens with zero attached hydrogens (tertiary/aromatic N) is 1. The fraction of sp³-hybridized carbons (Fsp3) is 0.643. The fourth-order valence-corrected chi connectivity index (χ4v) is 3.47. The zero-order chi connectivity index (χ0) is 16.7. The molecule has 122 valence electrons. The second kappa shape index (κ2) is 5.92. The monoisotopic (exact) mass is 328 g/mol. The van der Waals surface area contributed by atoms with Crippen molar-refractivity contribution in [3.8, 4) is 0 Å². The molecule has 1 fully saturated rings. The predicted octanol–water partition coefficient (Wildman–Crippen LogP) is 0.388. The average Bonchev–Trinajstić information content (AvgIpc) is 2.41. The molecule has 0 bridgehead atoms. The highest BCUT2D eigenvalue weighted by Gasteiger charge is 2.52. The molecule has 2 N–H and O–H groups in total. The molecular weight excluding hydrogens is 308 g/mol. The Morgan fingerprint density at radius 2 is 2.05 bits per heavy atom. The standard InChI is InChI=1S/C14H20N2O5S/c1-7(17)20-5-8-6-22-12-9(15)11(18)16(12)10(8)13(19)21-14(2,3)4/h9,12H,5-6,15H2,1-4H3/t9?,12-/m1/s1. The van der Waals surface area contributed by atoms with Gasteiger partial charge < -0.3 is 15.2 Å². The van der Waals surface area contributed by atoms with E-state index in [1.54, 1.807) is 20.8 Å². The van der Waals surface area contributed by atoms with E-state index < -0.39 is 23.6 Å². The van der Waals surface area contributed by atoms with Crippen LogP contribution >= 0.6 is 11.8 Å². The van der Waals surface area contributed by atoms with Gasteiger partial charge in [0.05, 0.1) is 0 Å². The van der Waals surface area contributed by atoms with E-state index in [-0.39, 0.29) is 23.6 Å². The van der Waals surface area contributed by atoms with Crippen molar-refractivity contribution in [3.05, 3.63) is 11.3 Å². The summed E-state index contributed by atoms with van der Waals surface area (Å²) in [5, 5.41) is -0.268. The molecule has 2 atom stereocenters. The molecule has 2 aliphatic heterocycles. The molecule has 0 aromatic heterocycles. The highest BCUT2D eigenvalue weighted by molar-refractivity contribution is 8.00. The van der Waals surface area contributed by atoms with Crippen molar-refractivity contribution < 1.29 is 23.9 Å². The van der Waals surface area contributed by atoms with Gasteiger partial charge in [0.1, 0.15) is 29.3 Å². The van der Waals surface area contributed by atoms with Crippen LogP contribution in [0.5, 0.6) is 0 Å². The number of β-lactam (4-membered cyclic amide) rings is 1. The van der Waals surface area contributed by atoms with Gasteiger partial charge in [-0.15, -0.1) is 11.8 Å². The maximum Gasteiger partial charge on any atom is 0.355 e. The van der Waals surface area contributed by atoms with Gasteiger partial charge in [-0.25, -0.2) is 4.79 Å². The number of thioether (sulfide) groups is 1. The Morgan fingerprint density at radius 1 is 1.41 bits per heavy atom. The molecule has 0 spiro atoms. The highest BCUT2D eigenvalue weighted by atomic mass is 32.2. The average molecular weight is 328 g/mol. The summed E-state index contributed by atoms with van der Waals surface area (Å²) in [5.41, 5.74) is 5.79. The Kier molecular flexibility index (Phi) is 4.53. The Hall–Kier alpha value is -1.54. The predicted molar refractivity (Wildman–Crippen MR) is 80.6 cm³/mol. The van der Waals surface area contributed by atoms with E-state index in [0.29, 0.717) is 11.3 Å². The maximum absolute atomic E-state index is 12.4. The van der Waals surface area contributed by atoms with Crippen LogP contribution in [0.3, 0.4) is 0 Å². The van der Waals surface area contributed by atoms with Crippen LogP contribution in [-0.2, 0) is 23.9 Å². The number of carbonyl (C=O) groups is 3. The number of carbonyl (C=O) groups excluding carboxylic acids is 3. The number of rotatable bonds is 3. The van der Waals surface area contributed by atoms with Crippen molar-refractivity contribution >= 4 is 29.6 Å². The molecule has 0 saturated carbocycles. The number of ether oxygens (including phenoxy) is 2. The van der Waals surface area contributed by atoms with Gasteiger partial charge in [0, 0.05) is 18.2 Å². The van der Waals surface area contributed by atoms with Crippen LogP contribution in [0.25, 0.3) is 0 Å². The summed E-state index contributed by atoms with van der Waals surface area (Å²) in [4.78, 5) is 36.8. The molecule has 0 aromatic rings. The SMILES string of the molecule is CC(=O)OCC1=C(C(=O)OC(C)(C)C)N2C(=O)C(N)[C@H]2SC1. The zero-order valence-electron chi connectivity index (χ0n) is 13.0. The van der Waals surface area contributed by atoms with Gasteiger partial charge in [0.15, 0.2) is 0 Å². The van der Waals surface area contributed by atoms with Crippen LogP contribution in [0.2, 0.25) is 0 Å². The lowest BCUT2D eigenvalue weighted by Gasteiger charge is -2.48. The number of amides is 1. The smallest absolute Gasteiger partial charge is 0.355 e. The molecule has 1 saturated heterocycles. The van der Waals surface area contributed by atoms with Crippen molar-refractivity contribution in [1.29, 1.82) is 0 Å². The lowest BCUT2D eigenvalue weighted by Crippen LogP contribution is -2.68. The van der Waals surface area contributed by atoms with Gasteiger partial charge in [0.2, 0.25) is 5.91 Å². The van der Waals surface area contributed by atoms with Crippen molar-refractivity contribution in [2.75, 3.05) is 12.4 Å². The number of fused-ring (bicyclic) bond motifs is 1. The van der Waals surface area contributed by atoms with Crippen molar-refractivity contribution in [1.82, 2.24) is 4.90 Å². The van der Waals surface area contributed by atoms with E-state index >= 15 is 0 Å². The first-order valence-electron chi connectivity index (χ1n) is 6.91. The Balaban J connectivity index is 2.30. The molecule has 22 heavy (non-hydrogen) atoms. The normalized spacial score (nSPS) is 24.6. The van der Waals surface area contributed by atoms with Crippen molar-refractivity contribution in [2.24, 2.45) is 5.73 Å². The maximum atomic E-state index is 12.4. The minimum Gasteiger partial charge on any atom is -0.461 e. The first kappa shape index (κ1) is 16.8. The minimum atomic E-state index is -0.688. The van der Waals surface area contributed by atoms with Crippen molar-refractivity contribution in [3.63, 3.8) is 0 Å². The lowest BCUT2D eigenvalue weighted by atomic mass is 10.0. The van der Waals surface area contributed by atoms with Gasteiger partial charge in [-0.2, -0.15) is 0 Å². The van der Waals surface area contributed by atoms with Gasteiger partial charge in [-0.3, -0.25) is 14.5 Å². The molecule has 7 nitrogen and oxygen atoms in total. The Morgan fingerprint density at radius 3 is 2.59 bits per heavy atom. The third kappa shape index (κ3) is 3.27. The lowest BCUT2D eigenvalue weighted by molar-refractivity contribution is -0.158. The molecule has 1 amide bonds. The molecule has 0 radical (unpaired) electrons. The summed E-state index contributed by atoms with van der Waals surface area (Å²) in [5.74, 6) is -0.905. The van der Waals surface area contributed by atoms with Crippen LogP contribution in [0.4, 0.5) is 0 Å². The van der Waals surface area contributed by atoms with E-state index in [1.165, 1.54) is 23.6 Å². The quantitative estimate of drug-likeness (QED) is 0.591. The van der Waals surface area contributed by atoms with Crippen molar-refractivity contribution in [2.45, 2.75) is 44.7 Å². The van der Waals surface area contributed by atoms with Gasteiger partial charge >= 0.3 is 11.9 Å². The van der Waals surface area contributed by atoms with E-state index in [1.807, 2.05) is 0 Å². The van der Waals surface area contributed by atoms with Gasteiger partial charge in [-0.05, 0) is 20.8 Å². The minimum absolute atomic E-state index is 0.0390. The summed E-state index contributed by atoms with van der Waals surface area (Å²) >= 11 is 1.45. The molecule has 0 aromatic carbocycles. The molecule has 0 aliphatic carbocycles. The highest BCUT2D eigenvalue weighted by Crippen LogP contribution is 2.40. The van der Waals surface area contributed by atoms with Crippen LogP contribution < -0.4 is 5.73 Å². The number of hydrogen-bond acceptors (Lipinski definition) is 7. The van der Waals surface area contributed by atoms with Gasteiger partial charge in [-0.1, -0.05) is 0 Å². The summed E-state index contributed by atoms with van der Waals surface area (Å²) in [6.07, 6.45) is 0. The molecule has 2 heterocycles. The first-order chi connectivity index (χ1) is 10.1. The topological polar surface area (TPSA) is 98.9 Å². The van der Waals surface area contributed by atoms with Crippen LogP contribution in [0, 0.1) is 0 Å². The first-order valence-corrected chi connectivity index (χ1v) is 7.95. The third-order valence-corrected chi connectivity index (χ3v) is 4.49. The third-order valence-electron chi connectivity index (χ3n) is 3.13. The number of hydrogen-bond donors (Lipinski definition) is 1. The summed E-state index contributed by atoms with van der Waals surface area (Å²) in [6, 6.07) is -0.613. The van der Waals surface area contributed by atoms with E-state index in [4.69, 9.17) is 15.2 Å². The van der Waals surface area contributed by atoms with E-state index in [2.05, 4.69) is 0 Å².